The molecule has 2 aromatic rings. The molecule has 0 saturated carbocycles. The van der Waals surface area contributed by atoms with Crippen molar-refractivity contribution in [2.24, 2.45) is 0 Å². The average Bonchev–Trinajstić information content (AvgIpc) is 2.72. The molecule has 1 aromatic heterocycles. The van der Waals surface area contributed by atoms with Gasteiger partial charge in [-0.15, -0.1) is 0 Å². The van der Waals surface area contributed by atoms with Gasteiger partial charge in [0.05, 0.1) is 5.52 Å². The molecule has 0 atom stereocenters. The van der Waals surface area contributed by atoms with Crippen molar-refractivity contribution in [1.82, 2.24) is 9.97 Å². The van der Waals surface area contributed by atoms with Crippen molar-refractivity contribution in [3.8, 4) is 0 Å². The van der Waals surface area contributed by atoms with Crippen molar-refractivity contribution in [2.75, 3.05) is 13.2 Å². The first-order valence-corrected chi connectivity index (χ1v) is 5.73. The van der Waals surface area contributed by atoms with E-state index in [-0.39, 0.29) is 11.0 Å². The molecule has 0 radical (unpaired) electrons. The Bertz CT molecular complexity index is 536. The van der Waals surface area contributed by atoms with Gasteiger partial charge in [-0.05, 0) is 19.9 Å². The Kier molecular flexibility index (Phi) is 3.88. The van der Waals surface area contributed by atoms with Crippen LogP contribution in [0.25, 0.3) is 11.0 Å². The second-order valence-electron chi connectivity index (χ2n) is 3.65. The molecule has 0 aliphatic carbocycles. The highest BCUT2D eigenvalue weighted by Crippen LogP contribution is 2.22. The number of aromatic nitrogens is 2. The number of nitrogens with one attached hydrogen (secondary N) is 1. The lowest BCUT2D eigenvalue weighted by Crippen LogP contribution is -2.10. The van der Waals surface area contributed by atoms with Crippen LogP contribution in [0.5, 0.6) is 0 Å². The lowest BCUT2D eigenvalue weighted by molar-refractivity contribution is -0.144. The summed E-state index contributed by atoms with van der Waals surface area (Å²) in [6.07, 6.45) is -0.699. The molecule has 98 valence electrons. The predicted octanol–water partition coefficient (Wildman–Crippen LogP) is 2.91. The van der Waals surface area contributed by atoms with Crippen LogP contribution >= 0.6 is 0 Å². The molecule has 0 aliphatic rings. The van der Waals surface area contributed by atoms with Gasteiger partial charge in [0.1, 0.15) is 11.3 Å². The van der Waals surface area contributed by atoms with E-state index in [0.29, 0.717) is 19.0 Å². The van der Waals surface area contributed by atoms with Crippen LogP contribution in [0.3, 0.4) is 0 Å². The van der Waals surface area contributed by atoms with Crippen LogP contribution in [0.4, 0.5) is 8.78 Å². The summed E-state index contributed by atoms with van der Waals surface area (Å²) in [5.74, 6) is -1.03. The maximum atomic E-state index is 13.5. The molecular weight excluding hydrogens is 242 g/mol. The lowest BCUT2D eigenvalue weighted by atomic mass is 10.3. The first kappa shape index (κ1) is 12.9. The van der Waals surface area contributed by atoms with Gasteiger partial charge in [0, 0.05) is 19.3 Å². The summed E-state index contributed by atoms with van der Waals surface area (Å²) in [4.78, 5) is 6.85. The highest BCUT2D eigenvalue weighted by molar-refractivity contribution is 5.75. The van der Waals surface area contributed by atoms with Crippen LogP contribution in [0.1, 0.15) is 26.0 Å². The van der Waals surface area contributed by atoms with Crippen molar-refractivity contribution >= 4 is 11.0 Å². The lowest BCUT2D eigenvalue weighted by Gasteiger charge is -2.13. The molecule has 0 unspecified atom stereocenters. The molecule has 0 saturated heterocycles. The third-order valence-corrected chi connectivity index (χ3v) is 2.38. The zero-order valence-electron chi connectivity index (χ0n) is 10.2. The smallest absolute Gasteiger partial charge is 0.217 e. The number of rotatable bonds is 5. The summed E-state index contributed by atoms with van der Waals surface area (Å²) in [7, 11) is 0. The second kappa shape index (κ2) is 5.41. The number of ether oxygens (including phenoxy) is 2. The Morgan fingerprint density at radius 3 is 2.50 bits per heavy atom. The first-order valence-electron chi connectivity index (χ1n) is 5.73. The maximum absolute atomic E-state index is 13.5. The van der Waals surface area contributed by atoms with Gasteiger partial charge in [-0.2, -0.15) is 0 Å². The van der Waals surface area contributed by atoms with Gasteiger partial charge >= 0.3 is 0 Å². The number of hydrogen-bond donors (Lipinski definition) is 1. The monoisotopic (exact) mass is 256 g/mol. The average molecular weight is 256 g/mol. The number of nitrogens with zero attached hydrogens (tertiary/aromatic N) is 1. The molecule has 1 heterocycles. The van der Waals surface area contributed by atoms with Crippen molar-refractivity contribution in [3.63, 3.8) is 0 Å². The number of aromatic amines is 1. The normalized spacial score (nSPS) is 11.6. The van der Waals surface area contributed by atoms with Crippen molar-refractivity contribution in [1.29, 1.82) is 0 Å². The minimum absolute atomic E-state index is 0.0795. The van der Waals surface area contributed by atoms with Gasteiger partial charge in [0.25, 0.3) is 0 Å². The molecule has 0 spiro atoms. The topological polar surface area (TPSA) is 47.1 Å². The molecule has 6 heteroatoms. The van der Waals surface area contributed by atoms with Gasteiger partial charge in [-0.1, -0.05) is 0 Å². The van der Waals surface area contributed by atoms with E-state index in [1.54, 1.807) is 0 Å². The number of fused-ring (bicyclic) bond motifs is 1. The summed E-state index contributed by atoms with van der Waals surface area (Å²) >= 11 is 0. The van der Waals surface area contributed by atoms with E-state index in [2.05, 4.69) is 9.97 Å². The van der Waals surface area contributed by atoms with Gasteiger partial charge in [-0.25, -0.2) is 13.8 Å². The van der Waals surface area contributed by atoms with Gasteiger partial charge in [0.2, 0.25) is 6.29 Å². The molecule has 2 rings (SSSR count). The zero-order valence-corrected chi connectivity index (χ0v) is 10.2. The minimum Gasteiger partial charge on any atom is -0.346 e. The summed E-state index contributed by atoms with van der Waals surface area (Å²) in [5, 5.41) is 0. The van der Waals surface area contributed by atoms with Gasteiger partial charge in [-0.3, -0.25) is 0 Å². The van der Waals surface area contributed by atoms with Gasteiger partial charge < -0.3 is 14.5 Å². The van der Waals surface area contributed by atoms with E-state index in [1.165, 1.54) is 6.07 Å². The quantitative estimate of drug-likeness (QED) is 0.837. The highest BCUT2D eigenvalue weighted by atomic mass is 19.1. The Labute approximate surface area is 103 Å². The van der Waals surface area contributed by atoms with Crippen LogP contribution in [-0.2, 0) is 9.47 Å². The fourth-order valence-electron chi connectivity index (χ4n) is 1.68. The zero-order chi connectivity index (χ0) is 13.1. The van der Waals surface area contributed by atoms with E-state index < -0.39 is 17.9 Å². The largest absolute Gasteiger partial charge is 0.346 e. The van der Waals surface area contributed by atoms with Crippen molar-refractivity contribution in [3.05, 3.63) is 29.6 Å². The summed E-state index contributed by atoms with van der Waals surface area (Å²) in [5.41, 5.74) is 0.364. The maximum Gasteiger partial charge on any atom is 0.217 e. The van der Waals surface area contributed by atoms with E-state index >= 15 is 0 Å². The Balaban J connectivity index is 2.41. The van der Waals surface area contributed by atoms with Gasteiger partial charge in [0.15, 0.2) is 11.6 Å². The Morgan fingerprint density at radius 2 is 1.89 bits per heavy atom. The first-order chi connectivity index (χ1) is 8.65. The third kappa shape index (κ3) is 2.49. The van der Waals surface area contributed by atoms with Crippen LogP contribution in [-0.4, -0.2) is 23.2 Å². The van der Waals surface area contributed by atoms with E-state index in [0.717, 1.165) is 6.07 Å². The van der Waals surface area contributed by atoms with E-state index in [1.807, 2.05) is 13.8 Å². The number of halogens is 2. The number of benzene rings is 1. The van der Waals surface area contributed by atoms with Crippen LogP contribution < -0.4 is 0 Å². The Morgan fingerprint density at radius 1 is 1.22 bits per heavy atom. The molecule has 0 bridgehead atoms. The summed E-state index contributed by atoms with van der Waals surface area (Å²) < 4.78 is 37.2. The molecule has 1 aromatic carbocycles. The molecule has 1 N–H and O–H groups in total. The van der Waals surface area contributed by atoms with E-state index in [9.17, 15) is 8.78 Å². The standard InChI is InChI=1S/C12H14F2N2O2/c1-3-17-12(18-4-2)11-15-9-6-7(13)5-8(14)10(9)16-11/h5-6,12H,3-4H2,1-2H3,(H,15,16). The van der Waals surface area contributed by atoms with Crippen molar-refractivity contribution < 1.29 is 18.3 Å². The highest BCUT2D eigenvalue weighted by Gasteiger charge is 2.18. The molecular formula is C12H14F2N2O2. The van der Waals surface area contributed by atoms with Crippen molar-refractivity contribution in [2.45, 2.75) is 20.1 Å². The fourth-order valence-corrected chi connectivity index (χ4v) is 1.68. The number of imidazole rings is 1. The fraction of sp³-hybridized carbons (Fsp3) is 0.417. The molecule has 0 aliphatic heterocycles. The molecule has 4 nitrogen and oxygen atoms in total. The van der Waals surface area contributed by atoms with Crippen LogP contribution in [0.2, 0.25) is 0 Å². The molecule has 0 amide bonds. The minimum atomic E-state index is -0.709. The summed E-state index contributed by atoms with van der Waals surface area (Å²) in [6, 6.07) is 1.98. The number of H-pyrrole nitrogens is 1. The van der Waals surface area contributed by atoms with E-state index in [4.69, 9.17) is 9.47 Å². The molecule has 18 heavy (non-hydrogen) atoms. The third-order valence-electron chi connectivity index (χ3n) is 2.38. The second-order valence-corrected chi connectivity index (χ2v) is 3.65. The summed E-state index contributed by atoms with van der Waals surface area (Å²) in [6.45, 7) is 4.49. The van der Waals surface area contributed by atoms with Crippen LogP contribution in [0, 0.1) is 11.6 Å². The predicted molar refractivity (Wildman–Crippen MR) is 62.0 cm³/mol. The Hall–Kier alpha value is -1.53. The molecule has 0 fully saturated rings. The number of hydrogen-bond acceptors (Lipinski definition) is 3. The van der Waals surface area contributed by atoms with Crippen LogP contribution in [0.15, 0.2) is 12.1 Å². The SMILES string of the molecule is CCOC(OCC)c1nc2c(F)cc(F)cc2[nH]1.